The van der Waals surface area contributed by atoms with Crippen molar-refractivity contribution in [3.05, 3.63) is 47.0 Å². The zero-order chi connectivity index (χ0) is 18.0. The molecule has 7 nitrogen and oxygen atoms in total. The van der Waals surface area contributed by atoms with Crippen molar-refractivity contribution in [3.8, 4) is 0 Å². The molecule has 4 N–H and O–H groups in total. The smallest absolute Gasteiger partial charge is 0.225 e. The number of nitrogens with zero attached hydrogens (tertiary/aromatic N) is 3. The van der Waals surface area contributed by atoms with Gasteiger partial charge in [-0.15, -0.1) is 0 Å². The maximum absolute atomic E-state index is 12.6. The fraction of sp³-hybridized carbons (Fsp3) is 0.444. The zero-order valence-electron chi connectivity index (χ0n) is 14.4. The van der Waals surface area contributed by atoms with Crippen LogP contribution in [0.25, 0.3) is 0 Å². The van der Waals surface area contributed by atoms with Gasteiger partial charge >= 0.3 is 0 Å². The number of rotatable bonds is 5. The van der Waals surface area contributed by atoms with Crippen LogP contribution in [-0.4, -0.2) is 32.1 Å². The standard InChI is InChI=1S/C18H23N5O2/c1-10-14(11(2)22-18(19)21-10)9-16(25)23-17(12-7-13(24)8-12)15-5-3-4-6-20-15/h3-6,12-13,17,24H,7-9H2,1-2H3,(H,23,25)(H2,19,21,22)/t12?,13?,17-/m0/s1. The van der Waals surface area contributed by atoms with Crippen LogP contribution in [0.4, 0.5) is 5.95 Å². The number of aliphatic hydroxyl groups is 1. The molecular formula is C18H23N5O2. The van der Waals surface area contributed by atoms with Crippen molar-refractivity contribution in [3.63, 3.8) is 0 Å². The molecule has 1 amide bonds. The Hall–Kier alpha value is -2.54. The highest BCUT2D eigenvalue weighted by Gasteiger charge is 2.36. The molecule has 7 heteroatoms. The Morgan fingerprint density at radius 2 is 2.00 bits per heavy atom. The average Bonchev–Trinajstić information content (AvgIpc) is 2.54. The zero-order valence-corrected chi connectivity index (χ0v) is 14.4. The van der Waals surface area contributed by atoms with E-state index in [-0.39, 0.29) is 36.3 Å². The van der Waals surface area contributed by atoms with E-state index in [1.807, 2.05) is 32.0 Å². The summed E-state index contributed by atoms with van der Waals surface area (Å²) in [6.07, 6.45) is 2.96. The van der Waals surface area contributed by atoms with Gasteiger partial charge in [0, 0.05) is 23.1 Å². The summed E-state index contributed by atoms with van der Waals surface area (Å²) in [7, 11) is 0. The Kier molecular flexibility index (Phi) is 4.94. The van der Waals surface area contributed by atoms with E-state index in [0.717, 1.165) is 11.3 Å². The number of aliphatic hydroxyl groups excluding tert-OH is 1. The van der Waals surface area contributed by atoms with Crippen LogP contribution in [0.3, 0.4) is 0 Å². The van der Waals surface area contributed by atoms with Gasteiger partial charge in [-0.2, -0.15) is 0 Å². The van der Waals surface area contributed by atoms with E-state index in [9.17, 15) is 9.90 Å². The molecule has 132 valence electrons. The molecule has 3 rings (SSSR count). The molecule has 1 atom stereocenters. The Balaban J connectivity index is 1.75. The lowest BCUT2D eigenvalue weighted by molar-refractivity contribution is -0.122. The van der Waals surface area contributed by atoms with E-state index in [0.29, 0.717) is 24.2 Å². The highest BCUT2D eigenvalue weighted by Crippen LogP contribution is 2.37. The molecule has 0 spiro atoms. The number of nitrogen functional groups attached to an aromatic ring is 1. The molecule has 0 aliphatic heterocycles. The Morgan fingerprint density at radius 3 is 2.56 bits per heavy atom. The van der Waals surface area contributed by atoms with Crippen LogP contribution < -0.4 is 11.1 Å². The summed E-state index contributed by atoms with van der Waals surface area (Å²) in [6.45, 7) is 3.65. The number of pyridine rings is 1. The molecule has 1 aliphatic rings. The van der Waals surface area contributed by atoms with Crippen molar-refractivity contribution < 1.29 is 9.90 Å². The predicted molar refractivity (Wildman–Crippen MR) is 93.5 cm³/mol. The lowest BCUT2D eigenvalue weighted by Gasteiger charge is -2.37. The molecule has 0 radical (unpaired) electrons. The van der Waals surface area contributed by atoms with Gasteiger partial charge in [0.15, 0.2) is 0 Å². The number of carbonyl (C=O) groups is 1. The number of nitrogens with two attached hydrogens (primary N) is 1. The summed E-state index contributed by atoms with van der Waals surface area (Å²) in [4.78, 5) is 25.3. The molecule has 2 aromatic rings. The summed E-state index contributed by atoms with van der Waals surface area (Å²) in [5.74, 6) is 0.296. The van der Waals surface area contributed by atoms with E-state index in [1.54, 1.807) is 6.20 Å². The number of hydrogen-bond acceptors (Lipinski definition) is 6. The van der Waals surface area contributed by atoms with Crippen LogP contribution >= 0.6 is 0 Å². The molecule has 2 heterocycles. The van der Waals surface area contributed by atoms with Gasteiger partial charge in [-0.25, -0.2) is 9.97 Å². The number of nitrogens with one attached hydrogen (secondary N) is 1. The molecule has 0 aromatic carbocycles. The molecule has 2 aromatic heterocycles. The van der Waals surface area contributed by atoms with Gasteiger partial charge in [0.2, 0.25) is 11.9 Å². The largest absolute Gasteiger partial charge is 0.393 e. The Morgan fingerprint density at radius 1 is 1.32 bits per heavy atom. The number of aromatic nitrogens is 3. The second-order valence-corrected chi connectivity index (χ2v) is 6.59. The van der Waals surface area contributed by atoms with Gasteiger partial charge in [-0.1, -0.05) is 6.07 Å². The summed E-state index contributed by atoms with van der Waals surface area (Å²) in [5.41, 5.74) is 8.68. The van der Waals surface area contributed by atoms with Crippen molar-refractivity contribution >= 4 is 11.9 Å². The van der Waals surface area contributed by atoms with E-state index in [4.69, 9.17) is 5.73 Å². The fourth-order valence-corrected chi connectivity index (χ4v) is 3.30. The molecule has 1 fully saturated rings. The number of carbonyl (C=O) groups excluding carboxylic acids is 1. The molecule has 0 bridgehead atoms. The summed E-state index contributed by atoms with van der Waals surface area (Å²) in [5, 5.41) is 12.7. The molecule has 0 unspecified atom stereocenters. The maximum Gasteiger partial charge on any atom is 0.225 e. The first-order valence-corrected chi connectivity index (χ1v) is 8.42. The second-order valence-electron chi connectivity index (χ2n) is 6.59. The van der Waals surface area contributed by atoms with Gasteiger partial charge in [0.05, 0.1) is 24.3 Å². The van der Waals surface area contributed by atoms with Crippen LogP contribution in [0.1, 0.15) is 41.5 Å². The van der Waals surface area contributed by atoms with Crippen molar-refractivity contribution in [2.45, 2.75) is 45.3 Å². The van der Waals surface area contributed by atoms with Crippen LogP contribution in [0.15, 0.2) is 24.4 Å². The number of amides is 1. The number of aryl methyl sites for hydroxylation is 2. The summed E-state index contributed by atoms with van der Waals surface area (Å²) in [6, 6.07) is 5.44. The van der Waals surface area contributed by atoms with Crippen LogP contribution in [-0.2, 0) is 11.2 Å². The van der Waals surface area contributed by atoms with Gasteiger partial charge in [0.25, 0.3) is 0 Å². The van der Waals surface area contributed by atoms with Crippen molar-refractivity contribution in [1.29, 1.82) is 0 Å². The lowest BCUT2D eigenvalue weighted by Crippen LogP contribution is -2.42. The molecular weight excluding hydrogens is 318 g/mol. The fourth-order valence-electron chi connectivity index (χ4n) is 3.30. The first-order valence-electron chi connectivity index (χ1n) is 8.42. The highest BCUT2D eigenvalue weighted by atomic mass is 16.3. The minimum absolute atomic E-state index is 0.114. The molecule has 25 heavy (non-hydrogen) atoms. The molecule has 1 saturated carbocycles. The van der Waals surface area contributed by atoms with E-state index in [1.165, 1.54) is 0 Å². The maximum atomic E-state index is 12.6. The Labute approximate surface area is 146 Å². The average molecular weight is 341 g/mol. The van der Waals surface area contributed by atoms with E-state index in [2.05, 4.69) is 20.3 Å². The van der Waals surface area contributed by atoms with Gasteiger partial charge in [0.1, 0.15) is 0 Å². The summed E-state index contributed by atoms with van der Waals surface area (Å²) < 4.78 is 0. The van der Waals surface area contributed by atoms with E-state index < -0.39 is 0 Å². The Bertz CT molecular complexity index is 736. The lowest BCUT2D eigenvalue weighted by atomic mass is 9.76. The predicted octanol–water partition coefficient (Wildman–Crippen LogP) is 1.24. The SMILES string of the molecule is Cc1nc(N)nc(C)c1CC(=O)N[C@H](c1ccccn1)C1CC(O)C1. The third kappa shape index (κ3) is 3.93. The molecule has 1 aliphatic carbocycles. The first kappa shape index (κ1) is 17.3. The minimum Gasteiger partial charge on any atom is -0.393 e. The minimum atomic E-state index is -0.289. The van der Waals surface area contributed by atoms with Gasteiger partial charge in [-0.05, 0) is 44.7 Å². The number of hydrogen-bond donors (Lipinski definition) is 3. The number of anilines is 1. The first-order chi connectivity index (χ1) is 11.9. The quantitative estimate of drug-likeness (QED) is 0.754. The van der Waals surface area contributed by atoms with Crippen LogP contribution in [0.5, 0.6) is 0 Å². The van der Waals surface area contributed by atoms with Crippen molar-refractivity contribution in [2.75, 3.05) is 5.73 Å². The third-order valence-corrected chi connectivity index (χ3v) is 4.72. The molecule has 0 saturated heterocycles. The monoisotopic (exact) mass is 341 g/mol. The van der Waals surface area contributed by atoms with Crippen LogP contribution in [0.2, 0.25) is 0 Å². The normalized spacial score (nSPS) is 20.6. The van der Waals surface area contributed by atoms with Crippen LogP contribution in [0, 0.1) is 19.8 Å². The van der Waals surface area contributed by atoms with Crippen molar-refractivity contribution in [1.82, 2.24) is 20.3 Å². The van der Waals surface area contributed by atoms with Gasteiger partial charge < -0.3 is 16.2 Å². The highest BCUT2D eigenvalue weighted by molar-refractivity contribution is 5.79. The summed E-state index contributed by atoms with van der Waals surface area (Å²) >= 11 is 0. The van der Waals surface area contributed by atoms with Crippen molar-refractivity contribution in [2.24, 2.45) is 5.92 Å². The topological polar surface area (TPSA) is 114 Å². The third-order valence-electron chi connectivity index (χ3n) is 4.72. The second kappa shape index (κ2) is 7.14. The van der Waals surface area contributed by atoms with E-state index >= 15 is 0 Å². The van der Waals surface area contributed by atoms with Gasteiger partial charge in [-0.3, -0.25) is 9.78 Å².